The standard InChI is InChI=1S/C22H18ClN3O/c1-14-4-6-15(7-5-14)8-9-16-10-11-18(21(23)26-16)20(27)19-13-25-22-17(19)3-2-12-24-22/h2-7,10-13H,8-9H2,1H3,(H,24,25). The summed E-state index contributed by atoms with van der Waals surface area (Å²) in [6, 6.07) is 15.8. The number of nitrogens with zero attached hydrogens (tertiary/aromatic N) is 2. The van der Waals surface area contributed by atoms with Gasteiger partial charge in [-0.1, -0.05) is 41.4 Å². The van der Waals surface area contributed by atoms with Gasteiger partial charge in [0.05, 0.1) is 5.56 Å². The number of carbonyl (C=O) groups is 1. The van der Waals surface area contributed by atoms with Crippen LogP contribution in [0.2, 0.25) is 5.15 Å². The number of pyridine rings is 2. The molecule has 0 spiro atoms. The maximum Gasteiger partial charge on any atom is 0.198 e. The Morgan fingerprint density at radius 2 is 1.85 bits per heavy atom. The molecule has 0 unspecified atom stereocenters. The second-order valence-electron chi connectivity index (χ2n) is 6.56. The molecule has 0 fully saturated rings. The molecule has 3 aromatic heterocycles. The first-order valence-corrected chi connectivity index (χ1v) is 9.17. The molecule has 4 nitrogen and oxygen atoms in total. The van der Waals surface area contributed by atoms with Crippen LogP contribution in [0.4, 0.5) is 0 Å². The normalized spacial score (nSPS) is 11.0. The first kappa shape index (κ1) is 17.4. The summed E-state index contributed by atoms with van der Waals surface area (Å²) < 4.78 is 0. The third kappa shape index (κ3) is 3.62. The predicted octanol–water partition coefficient (Wildman–Crippen LogP) is 4.94. The molecule has 134 valence electrons. The molecule has 3 heterocycles. The molecule has 4 aromatic rings. The van der Waals surface area contributed by atoms with E-state index in [4.69, 9.17) is 11.6 Å². The minimum atomic E-state index is -0.156. The van der Waals surface area contributed by atoms with E-state index in [0.717, 1.165) is 23.9 Å². The molecule has 4 rings (SSSR count). The third-order valence-electron chi connectivity index (χ3n) is 4.64. The van der Waals surface area contributed by atoms with Crippen LogP contribution in [0.5, 0.6) is 0 Å². The molecule has 27 heavy (non-hydrogen) atoms. The van der Waals surface area contributed by atoms with E-state index in [1.807, 2.05) is 12.1 Å². The van der Waals surface area contributed by atoms with Crippen molar-refractivity contribution in [3.8, 4) is 0 Å². The Balaban J connectivity index is 1.54. The Bertz CT molecular complexity index is 1120. The fourth-order valence-electron chi connectivity index (χ4n) is 3.10. The molecular weight excluding hydrogens is 358 g/mol. The van der Waals surface area contributed by atoms with Crippen molar-refractivity contribution in [1.29, 1.82) is 0 Å². The zero-order chi connectivity index (χ0) is 18.8. The number of halogens is 1. The number of H-pyrrole nitrogens is 1. The Kier molecular flexibility index (Phi) is 4.73. The van der Waals surface area contributed by atoms with Gasteiger partial charge in [0.1, 0.15) is 10.8 Å². The Morgan fingerprint density at radius 1 is 1.04 bits per heavy atom. The minimum Gasteiger partial charge on any atom is -0.345 e. The van der Waals surface area contributed by atoms with E-state index < -0.39 is 0 Å². The highest BCUT2D eigenvalue weighted by Crippen LogP contribution is 2.23. The van der Waals surface area contributed by atoms with Gasteiger partial charge in [-0.3, -0.25) is 4.79 Å². The molecule has 0 saturated heterocycles. The number of aromatic amines is 1. The van der Waals surface area contributed by atoms with Crippen LogP contribution < -0.4 is 0 Å². The molecule has 0 bridgehead atoms. The number of fused-ring (bicyclic) bond motifs is 1. The Hall–Kier alpha value is -2.98. The number of carbonyl (C=O) groups excluding carboxylic acids is 1. The van der Waals surface area contributed by atoms with Gasteiger partial charge in [0.2, 0.25) is 0 Å². The third-order valence-corrected chi connectivity index (χ3v) is 4.93. The quantitative estimate of drug-likeness (QED) is 0.397. The molecular formula is C22H18ClN3O. The summed E-state index contributed by atoms with van der Waals surface area (Å²) in [7, 11) is 0. The van der Waals surface area contributed by atoms with Crippen molar-refractivity contribution < 1.29 is 4.79 Å². The summed E-state index contributed by atoms with van der Waals surface area (Å²) in [5, 5.41) is 1.02. The average Bonchev–Trinajstić information content (AvgIpc) is 3.11. The SMILES string of the molecule is Cc1ccc(CCc2ccc(C(=O)c3c[nH]c4ncccc34)c(Cl)n2)cc1. The Morgan fingerprint density at radius 3 is 2.63 bits per heavy atom. The van der Waals surface area contributed by atoms with Crippen LogP contribution in [0.25, 0.3) is 11.0 Å². The summed E-state index contributed by atoms with van der Waals surface area (Å²) >= 11 is 6.34. The van der Waals surface area contributed by atoms with Gasteiger partial charge in [-0.25, -0.2) is 9.97 Å². The molecule has 0 saturated carbocycles. The minimum absolute atomic E-state index is 0.156. The number of hydrogen-bond donors (Lipinski definition) is 1. The lowest BCUT2D eigenvalue weighted by Gasteiger charge is -2.06. The zero-order valence-corrected chi connectivity index (χ0v) is 15.6. The summed E-state index contributed by atoms with van der Waals surface area (Å²) in [5.41, 5.74) is 5.01. The first-order valence-electron chi connectivity index (χ1n) is 8.79. The second kappa shape index (κ2) is 7.33. The van der Waals surface area contributed by atoms with Crippen molar-refractivity contribution in [3.05, 3.63) is 94.0 Å². The molecule has 0 aliphatic rings. The van der Waals surface area contributed by atoms with Gasteiger partial charge in [-0.15, -0.1) is 0 Å². The monoisotopic (exact) mass is 375 g/mol. The fraction of sp³-hybridized carbons (Fsp3) is 0.136. The van der Waals surface area contributed by atoms with E-state index in [2.05, 4.69) is 46.1 Å². The summed E-state index contributed by atoms with van der Waals surface area (Å²) in [5.74, 6) is -0.156. The van der Waals surface area contributed by atoms with Gasteiger partial charge in [0, 0.05) is 29.0 Å². The summed E-state index contributed by atoms with van der Waals surface area (Å²) in [4.78, 5) is 24.6. The van der Waals surface area contributed by atoms with Gasteiger partial charge in [-0.05, 0) is 49.6 Å². The predicted molar refractivity (Wildman–Crippen MR) is 107 cm³/mol. The topological polar surface area (TPSA) is 58.6 Å². The smallest absolute Gasteiger partial charge is 0.198 e. The number of nitrogens with one attached hydrogen (secondary N) is 1. The molecule has 0 atom stereocenters. The fourth-order valence-corrected chi connectivity index (χ4v) is 3.35. The van der Waals surface area contributed by atoms with Crippen LogP contribution >= 0.6 is 11.6 Å². The van der Waals surface area contributed by atoms with Crippen molar-refractivity contribution >= 4 is 28.4 Å². The van der Waals surface area contributed by atoms with Crippen LogP contribution in [0, 0.1) is 6.92 Å². The molecule has 1 aromatic carbocycles. The van der Waals surface area contributed by atoms with E-state index in [9.17, 15) is 4.79 Å². The lowest BCUT2D eigenvalue weighted by atomic mass is 10.0. The highest BCUT2D eigenvalue weighted by Gasteiger charge is 2.18. The van der Waals surface area contributed by atoms with E-state index in [1.54, 1.807) is 24.5 Å². The van der Waals surface area contributed by atoms with Crippen molar-refractivity contribution in [2.75, 3.05) is 0 Å². The average molecular weight is 376 g/mol. The molecule has 0 aliphatic heterocycles. The van der Waals surface area contributed by atoms with E-state index in [0.29, 0.717) is 16.8 Å². The maximum atomic E-state index is 12.9. The number of aryl methyl sites for hydroxylation is 3. The zero-order valence-electron chi connectivity index (χ0n) is 14.9. The van der Waals surface area contributed by atoms with Gasteiger partial charge < -0.3 is 4.98 Å². The van der Waals surface area contributed by atoms with Crippen LogP contribution in [-0.2, 0) is 12.8 Å². The number of aromatic nitrogens is 3. The van der Waals surface area contributed by atoms with Crippen LogP contribution in [0.15, 0.2) is 60.9 Å². The molecule has 1 N–H and O–H groups in total. The molecule has 0 aliphatic carbocycles. The van der Waals surface area contributed by atoms with Crippen LogP contribution in [-0.4, -0.2) is 20.7 Å². The summed E-state index contributed by atoms with van der Waals surface area (Å²) in [6.45, 7) is 2.07. The van der Waals surface area contributed by atoms with Crippen molar-refractivity contribution in [1.82, 2.24) is 15.0 Å². The van der Waals surface area contributed by atoms with Gasteiger partial charge >= 0.3 is 0 Å². The second-order valence-corrected chi connectivity index (χ2v) is 6.92. The highest BCUT2D eigenvalue weighted by molar-refractivity contribution is 6.34. The number of benzene rings is 1. The highest BCUT2D eigenvalue weighted by atomic mass is 35.5. The van der Waals surface area contributed by atoms with E-state index in [1.165, 1.54) is 11.1 Å². The van der Waals surface area contributed by atoms with E-state index >= 15 is 0 Å². The van der Waals surface area contributed by atoms with Crippen LogP contribution in [0.3, 0.4) is 0 Å². The maximum absolute atomic E-state index is 12.9. The van der Waals surface area contributed by atoms with Gasteiger partial charge in [-0.2, -0.15) is 0 Å². The van der Waals surface area contributed by atoms with E-state index in [-0.39, 0.29) is 10.9 Å². The van der Waals surface area contributed by atoms with Gasteiger partial charge in [0.25, 0.3) is 0 Å². The van der Waals surface area contributed by atoms with Crippen molar-refractivity contribution in [2.24, 2.45) is 0 Å². The van der Waals surface area contributed by atoms with Crippen LogP contribution in [0.1, 0.15) is 32.7 Å². The largest absolute Gasteiger partial charge is 0.345 e. The molecule has 0 amide bonds. The van der Waals surface area contributed by atoms with Crippen molar-refractivity contribution in [3.63, 3.8) is 0 Å². The lowest BCUT2D eigenvalue weighted by Crippen LogP contribution is -2.04. The number of ketones is 1. The Labute approximate surface area is 162 Å². The lowest BCUT2D eigenvalue weighted by molar-refractivity contribution is 0.104. The first-order chi connectivity index (χ1) is 13.1. The van der Waals surface area contributed by atoms with Crippen molar-refractivity contribution in [2.45, 2.75) is 19.8 Å². The molecule has 0 radical (unpaired) electrons. The molecule has 5 heteroatoms. The number of hydrogen-bond acceptors (Lipinski definition) is 3. The number of rotatable bonds is 5. The summed E-state index contributed by atoms with van der Waals surface area (Å²) in [6.07, 6.45) is 5.01. The van der Waals surface area contributed by atoms with Gasteiger partial charge in [0.15, 0.2) is 5.78 Å².